The molecule has 170 valence electrons. The Hall–Kier alpha value is -3.99. The number of hydrogen-bond donors (Lipinski definition) is 1. The lowest BCUT2D eigenvalue weighted by molar-refractivity contribution is 0.0954. The highest BCUT2D eigenvalue weighted by Crippen LogP contribution is 2.26. The molecular formula is C29H27N3O2. The van der Waals surface area contributed by atoms with Crippen molar-refractivity contribution in [3.63, 3.8) is 0 Å². The molecule has 34 heavy (non-hydrogen) atoms. The topological polar surface area (TPSA) is 63.6 Å². The van der Waals surface area contributed by atoms with Gasteiger partial charge in [0.05, 0.1) is 5.71 Å². The van der Waals surface area contributed by atoms with Crippen molar-refractivity contribution in [1.82, 2.24) is 10.4 Å². The first-order chi connectivity index (χ1) is 16.6. The smallest absolute Gasteiger partial charge is 0.271 e. The molecule has 1 aromatic heterocycles. The number of rotatable bonds is 5. The zero-order valence-electron chi connectivity index (χ0n) is 19.5. The van der Waals surface area contributed by atoms with Crippen LogP contribution in [0.3, 0.4) is 0 Å². The molecule has 3 aromatic carbocycles. The molecule has 1 aliphatic rings. The summed E-state index contributed by atoms with van der Waals surface area (Å²) in [5, 5.41) is 5.54. The van der Waals surface area contributed by atoms with Gasteiger partial charge in [0.15, 0.2) is 0 Å². The van der Waals surface area contributed by atoms with Gasteiger partial charge in [-0.2, -0.15) is 5.10 Å². The largest absolute Gasteiger partial charge is 0.487 e. The van der Waals surface area contributed by atoms with Crippen LogP contribution in [0.15, 0.2) is 78.0 Å². The first-order valence-electron chi connectivity index (χ1n) is 11.6. The van der Waals surface area contributed by atoms with Gasteiger partial charge in [0.2, 0.25) is 0 Å². The first-order valence-corrected chi connectivity index (χ1v) is 11.6. The van der Waals surface area contributed by atoms with Crippen molar-refractivity contribution in [3.8, 4) is 5.75 Å². The molecule has 5 heteroatoms. The van der Waals surface area contributed by atoms with Crippen LogP contribution in [0.1, 0.15) is 51.0 Å². The maximum atomic E-state index is 12.7. The van der Waals surface area contributed by atoms with E-state index < -0.39 is 0 Å². The quantitative estimate of drug-likeness (QED) is 0.386. The summed E-state index contributed by atoms with van der Waals surface area (Å²) in [7, 11) is 0. The van der Waals surface area contributed by atoms with Crippen LogP contribution in [0.25, 0.3) is 10.9 Å². The fourth-order valence-corrected chi connectivity index (χ4v) is 4.56. The second kappa shape index (κ2) is 9.48. The van der Waals surface area contributed by atoms with E-state index in [0.29, 0.717) is 12.2 Å². The molecule has 1 heterocycles. The highest BCUT2D eigenvalue weighted by atomic mass is 16.5. The number of benzene rings is 3. The van der Waals surface area contributed by atoms with Gasteiger partial charge in [0.1, 0.15) is 17.9 Å². The molecule has 0 atom stereocenters. The predicted molar refractivity (Wildman–Crippen MR) is 135 cm³/mol. The van der Waals surface area contributed by atoms with Crippen molar-refractivity contribution >= 4 is 22.5 Å². The van der Waals surface area contributed by atoms with Gasteiger partial charge in [-0.1, -0.05) is 42.0 Å². The van der Waals surface area contributed by atoms with Crippen molar-refractivity contribution in [2.75, 3.05) is 0 Å². The SMILES string of the molecule is Cc1cc(C)c2c(c1)/C(=N\NC(=O)c1ccc(COc3cccc4cccnc34)cc1)CCC2. The van der Waals surface area contributed by atoms with Gasteiger partial charge >= 0.3 is 0 Å². The van der Waals surface area contributed by atoms with E-state index in [1.165, 1.54) is 22.3 Å². The van der Waals surface area contributed by atoms with Crippen molar-refractivity contribution < 1.29 is 9.53 Å². The molecule has 5 rings (SSSR count). The number of amides is 1. The average molecular weight is 450 g/mol. The lowest BCUT2D eigenvalue weighted by atomic mass is 9.86. The summed E-state index contributed by atoms with van der Waals surface area (Å²) < 4.78 is 6.00. The molecule has 0 fully saturated rings. The lowest BCUT2D eigenvalue weighted by Crippen LogP contribution is -2.22. The Kier molecular flexibility index (Phi) is 6.09. The van der Waals surface area contributed by atoms with Crippen molar-refractivity contribution in [3.05, 3.63) is 106 Å². The molecule has 0 aliphatic heterocycles. The third-order valence-electron chi connectivity index (χ3n) is 6.27. The van der Waals surface area contributed by atoms with Crippen LogP contribution in [-0.4, -0.2) is 16.6 Å². The van der Waals surface area contributed by atoms with Crippen LogP contribution < -0.4 is 10.2 Å². The predicted octanol–water partition coefficient (Wildman–Crippen LogP) is 5.90. The molecule has 4 aromatic rings. The number of nitrogens with zero attached hydrogens (tertiary/aromatic N) is 2. The molecule has 1 N–H and O–H groups in total. The maximum absolute atomic E-state index is 12.7. The highest BCUT2D eigenvalue weighted by Gasteiger charge is 2.18. The zero-order valence-corrected chi connectivity index (χ0v) is 19.5. The van der Waals surface area contributed by atoms with Crippen LogP contribution in [0.5, 0.6) is 5.75 Å². The van der Waals surface area contributed by atoms with Crippen molar-refractivity contribution in [2.24, 2.45) is 5.10 Å². The molecule has 5 nitrogen and oxygen atoms in total. The van der Waals surface area contributed by atoms with Gasteiger partial charge in [-0.05, 0) is 80.1 Å². The molecule has 1 aliphatic carbocycles. The number of para-hydroxylation sites is 1. The van der Waals surface area contributed by atoms with E-state index in [9.17, 15) is 4.79 Å². The zero-order chi connectivity index (χ0) is 23.5. The molecule has 0 bridgehead atoms. The number of hydrogen-bond acceptors (Lipinski definition) is 4. The summed E-state index contributed by atoms with van der Waals surface area (Å²) in [5.41, 5.74) is 11.1. The number of aromatic nitrogens is 1. The van der Waals surface area contributed by atoms with Crippen LogP contribution >= 0.6 is 0 Å². The van der Waals surface area contributed by atoms with E-state index in [-0.39, 0.29) is 5.91 Å². The molecule has 0 radical (unpaired) electrons. The number of carbonyl (C=O) groups is 1. The number of ether oxygens (including phenoxy) is 1. The fraction of sp³-hybridized carbons (Fsp3) is 0.207. The minimum absolute atomic E-state index is 0.213. The normalized spacial score (nSPS) is 14.1. The molecular weight excluding hydrogens is 422 g/mol. The third-order valence-corrected chi connectivity index (χ3v) is 6.27. The van der Waals surface area contributed by atoms with E-state index in [4.69, 9.17) is 4.74 Å². The summed E-state index contributed by atoms with van der Waals surface area (Å²) in [6.45, 7) is 4.64. The van der Waals surface area contributed by atoms with E-state index in [1.54, 1.807) is 18.3 Å². The third kappa shape index (κ3) is 4.55. The van der Waals surface area contributed by atoms with E-state index in [2.05, 4.69) is 41.5 Å². The van der Waals surface area contributed by atoms with Gasteiger partial charge in [0.25, 0.3) is 5.91 Å². The number of hydrazone groups is 1. The van der Waals surface area contributed by atoms with Gasteiger partial charge in [-0.25, -0.2) is 5.43 Å². The summed E-state index contributed by atoms with van der Waals surface area (Å²) in [6.07, 6.45) is 4.75. The Morgan fingerprint density at radius 3 is 2.71 bits per heavy atom. The minimum atomic E-state index is -0.213. The Morgan fingerprint density at radius 2 is 1.85 bits per heavy atom. The summed E-state index contributed by atoms with van der Waals surface area (Å²) >= 11 is 0. The first kappa shape index (κ1) is 21.8. The molecule has 0 spiro atoms. The number of nitrogens with one attached hydrogen (secondary N) is 1. The van der Waals surface area contributed by atoms with Gasteiger partial charge in [0, 0.05) is 22.7 Å². The van der Waals surface area contributed by atoms with Crippen LogP contribution in [-0.2, 0) is 13.0 Å². The van der Waals surface area contributed by atoms with Crippen LogP contribution in [0, 0.1) is 13.8 Å². The second-order valence-corrected chi connectivity index (χ2v) is 8.78. The lowest BCUT2D eigenvalue weighted by Gasteiger charge is -2.20. The van der Waals surface area contributed by atoms with Gasteiger partial charge < -0.3 is 4.74 Å². The van der Waals surface area contributed by atoms with E-state index >= 15 is 0 Å². The van der Waals surface area contributed by atoms with Crippen molar-refractivity contribution in [2.45, 2.75) is 39.7 Å². The number of fused-ring (bicyclic) bond motifs is 2. The van der Waals surface area contributed by atoms with Gasteiger partial charge in [-0.3, -0.25) is 9.78 Å². The Balaban J connectivity index is 1.25. The minimum Gasteiger partial charge on any atom is -0.487 e. The summed E-state index contributed by atoms with van der Waals surface area (Å²) in [4.78, 5) is 17.1. The molecule has 0 saturated heterocycles. The molecule has 0 unspecified atom stereocenters. The Bertz CT molecular complexity index is 1390. The average Bonchev–Trinajstić information content (AvgIpc) is 2.86. The summed E-state index contributed by atoms with van der Waals surface area (Å²) in [6, 6.07) is 21.6. The number of carbonyl (C=O) groups excluding carboxylic acids is 1. The molecule has 0 saturated carbocycles. The van der Waals surface area contributed by atoms with Crippen molar-refractivity contribution in [1.29, 1.82) is 0 Å². The fourth-order valence-electron chi connectivity index (χ4n) is 4.56. The maximum Gasteiger partial charge on any atom is 0.271 e. The monoisotopic (exact) mass is 449 g/mol. The van der Waals surface area contributed by atoms with E-state index in [1.807, 2.05) is 42.5 Å². The van der Waals surface area contributed by atoms with Crippen LogP contribution in [0.2, 0.25) is 0 Å². The standard InChI is InChI=1S/C29H27N3O2/c1-19-16-20(2)24-8-4-9-26(25(24)17-19)31-32-29(33)23-13-11-21(12-14-23)18-34-27-10-3-6-22-7-5-15-30-28(22)27/h3,5-7,10-17H,4,8-9,18H2,1-2H3,(H,32,33)/b31-26-. The molecule has 1 amide bonds. The van der Waals surface area contributed by atoms with Crippen LogP contribution in [0.4, 0.5) is 0 Å². The van der Waals surface area contributed by atoms with Gasteiger partial charge in [-0.15, -0.1) is 0 Å². The number of pyridine rings is 1. The van der Waals surface area contributed by atoms with E-state index in [0.717, 1.165) is 47.2 Å². The Morgan fingerprint density at radius 1 is 1.03 bits per heavy atom. The number of aryl methyl sites for hydroxylation is 2. The summed E-state index contributed by atoms with van der Waals surface area (Å²) in [5.74, 6) is 0.531. The Labute approximate surface area is 199 Å². The highest BCUT2D eigenvalue weighted by molar-refractivity contribution is 6.04. The second-order valence-electron chi connectivity index (χ2n) is 8.78.